The van der Waals surface area contributed by atoms with E-state index in [0.717, 1.165) is 0 Å². The van der Waals surface area contributed by atoms with Gasteiger partial charge >= 0.3 is 0 Å². The van der Waals surface area contributed by atoms with Crippen molar-refractivity contribution in [3.05, 3.63) is 22.3 Å². The van der Waals surface area contributed by atoms with Crippen molar-refractivity contribution >= 4 is 0 Å². The zero-order valence-corrected chi connectivity index (χ0v) is 9.54. The highest BCUT2D eigenvalue weighted by atomic mass is 14.2. The highest BCUT2D eigenvalue weighted by Crippen LogP contribution is 2.38. The van der Waals surface area contributed by atoms with Crippen LogP contribution in [-0.4, -0.2) is 0 Å². The maximum atomic E-state index is 2.29. The lowest BCUT2D eigenvalue weighted by molar-refractivity contribution is 0.943. The van der Waals surface area contributed by atoms with Gasteiger partial charge in [0.25, 0.3) is 0 Å². The van der Waals surface area contributed by atoms with Crippen LogP contribution < -0.4 is 0 Å². The first kappa shape index (κ1) is 10.6. The quantitative estimate of drug-likeness (QED) is 0.589. The van der Waals surface area contributed by atoms with Gasteiger partial charge in [0, 0.05) is 0 Å². The van der Waals surface area contributed by atoms with Crippen molar-refractivity contribution in [3.63, 3.8) is 0 Å². The Kier molecular flexibility index (Phi) is 3.77. The van der Waals surface area contributed by atoms with Crippen molar-refractivity contribution in [1.29, 1.82) is 0 Å². The smallest absolute Gasteiger partial charge is 0.00968 e. The fourth-order valence-corrected chi connectivity index (χ4v) is 2.50. The summed E-state index contributed by atoms with van der Waals surface area (Å²) < 4.78 is 0. The van der Waals surface area contributed by atoms with Crippen LogP contribution in [0.2, 0.25) is 0 Å². The Bertz CT molecular complexity index is 215. The predicted octanol–water partition coefficient (Wildman–Crippen LogP) is 4.62. The molecule has 13 heavy (non-hydrogen) atoms. The number of rotatable bonds is 4. The molecule has 1 aliphatic rings. The van der Waals surface area contributed by atoms with Crippen LogP contribution in [0.1, 0.15) is 59.8 Å². The fraction of sp³-hybridized carbons (Fsp3) is 0.692. The minimum Gasteiger partial charge on any atom is -0.0629 e. The molecule has 0 nitrogen and oxygen atoms in total. The molecule has 0 saturated carbocycles. The van der Waals surface area contributed by atoms with Gasteiger partial charge in [-0.25, -0.2) is 0 Å². The second kappa shape index (κ2) is 4.64. The van der Waals surface area contributed by atoms with Gasteiger partial charge in [0.15, 0.2) is 0 Å². The van der Waals surface area contributed by atoms with Gasteiger partial charge < -0.3 is 0 Å². The molecular formula is C13H22. The molecule has 0 radical (unpaired) electrons. The van der Waals surface area contributed by atoms with Crippen LogP contribution in [0.25, 0.3) is 0 Å². The molecule has 0 amide bonds. The molecule has 0 aliphatic heterocycles. The van der Waals surface area contributed by atoms with Gasteiger partial charge in [-0.15, -0.1) is 0 Å². The normalized spacial score (nSPS) is 17.5. The first-order valence-corrected chi connectivity index (χ1v) is 5.70. The van der Waals surface area contributed by atoms with E-state index in [9.17, 15) is 0 Å². The molecule has 0 saturated heterocycles. The molecule has 0 unspecified atom stereocenters. The van der Waals surface area contributed by atoms with Crippen molar-refractivity contribution in [2.24, 2.45) is 0 Å². The first-order valence-electron chi connectivity index (χ1n) is 5.70. The molecule has 1 aliphatic carbocycles. The Morgan fingerprint density at radius 3 is 1.31 bits per heavy atom. The topological polar surface area (TPSA) is 0 Å². The van der Waals surface area contributed by atoms with Gasteiger partial charge in [-0.05, 0) is 43.3 Å². The maximum absolute atomic E-state index is 2.29. The predicted molar refractivity (Wildman–Crippen MR) is 59.8 cm³/mol. The van der Waals surface area contributed by atoms with Gasteiger partial charge in [0.2, 0.25) is 0 Å². The van der Waals surface area contributed by atoms with E-state index >= 15 is 0 Å². The minimum atomic E-state index is 1.23. The van der Waals surface area contributed by atoms with Crippen molar-refractivity contribution in [2.45, 2.75) is 59.8 Å². The summed E-state index contributed by atoms with van der Waals surface area (Å²) in [6, 6.07) is 0. The van der Waals surface area contributed by atoms with E-state index < -0.39 is 0 Å². The summed E-state index contributed by atoms with van der Waals surface area (Å²) in [5.74, 6) is 0. The monoisotopic (exact) mass is 178 g/mol. The molecule has 0 N–H and O–H groups in total. The van der Waals surface area contributed by atoms with Crippen molar-refractivity contribution < 1.29 is 0 Å². The average Bonchev–Trinajstić information content (AvgIpc) is 2.54. The first-order chi connectivity index (χ1) is 6.28. The van der Waals surface area contributed by atoms with Crippen LogP contribution in [0.15, 0.2) is 22.3 Å². The van der Waals surface area contributed by atoms with Crippen LogP contribution in [0.4, 0.5) is 0 Å². The van der Waals surface area contributed by atoms with E-state index in [1.807, 2.05) is 0 Å². The van der Waals surface area contributed by atoms with E-state index in [0.29, 0.717) is 0 Å². The lowest BCUT2D eigenvalue weighted by atomic mass is 9.99. The Balaban J connectivity index is 2.96. The summed E-state index contributed by atoms with van der Waals surface area (Å²) in [5.41, 5.74) is 6.77. The molecule has 0 atom stereocenters. The SMILES string of the molecule is CCC1=C(CC)C(CC)=C(CC)C1. The highest BCUT2D eigenvalue weighted by molar-refractivity contribution is 5.46. The van der Waals surface area contributed by atoms with Crippen molar-refractivity contribution in [1.82, 2.24) is 0 Å². The van der Waals surface area contributed by atoms with E-state index in [1.165, 1.54) is 32.1 Å². The third-order valence-corrected chi connectivity index (χ3v) is 3.21. The van der Waals surface area contributed by atoms with Gasteiger partial charge in [-0.2, -0.15) is 0 Å². The molecule has 0 heterocycles. The van der Waals surface area contributed by atoms with Gasteiger partial charge in [0.05, 0.1) is 0 Å². The maximum Gasteiger partial charge on any atom is -0.00968 e. The molecule has 0 aromatic carbocycles. The van der Waals surface area contributed by atoms with E-state index in [-0.39, 0.29) is 0 Å². The third kappa shape index (κ3) is 1.87. The van der Waals surface area contributed by atoms with Gasteiger partial charge in [-0.3, -0.25) is 0 Å². The molecule has 0 spiro atoms. The zero-order valence-electron chi connectivity index (χ0n) is 9.54. The minimum absolute atomic E-state index is 1.23. The summed E-state index contributed by atoms with van der Waals surface area (Å²) in [4.78, 5) is 0. The van der Waals surface area contributed by atoms with E-state index in [4.69, 9.17) is 0 Å². The van der Waals surface area contributed by atoms with E-state index in [1.54, 1.807) is 22.3 Å². The van der Waals surface area contributed by atoms with Gasteiger partial charge in [-0.1, -0.05) is 38.8 Å². The fourth-order valence-electron chi connectivity index (χ4n) is 2.50. The standard InChI is InChI=1S/C13H22/c1-5-10-9-11(6-2)13(8-4)12(10)7-3/h5-9H2,1-4H3. The van der Waals surface area contributed by atoms with Gasteiger partial charge in [0.1, 0.15) is 0 Å². The molecule has 0 bridgehead atoms. The molecule has 0 aromatic rings. The number of hydrogen-bond acceptors (Lipinski definition) is 0. The van der Waals surface area contributed by atoms with Crippen molar-refractivity contribution in [2.75, 3.05) is 0 Å². The van der Waals surface area contributed by atoms with Crippen LogP contribution in [0.5, 0.6) is 0 Å². The summed E-state index contributed by atoms with van der Waals surface area (Å²) >= 11 is 0. The second-order valence-electron chi connectivity index (χ2n) is 3.76. The van der Waals surface area contributed by atoms with Crippen LogP contribution in [-0.2, 0) is 0 Å². The van der Waals surface area contributed by atoms with Crippen molar-refractivity contribution in [3.8, 4) is 0 Å². The third-order valence-electron chi connectivity index (χ3n) is 3.21. The molecule has 0 heteroatoms. The molecule has 0 fully saturated rings. The second-order valence-corrected chi connectivity index (χ2v) is 3.76. The number of allylic oxidation sites excluding steroid dienone is 4. The van der Waals surface area contributed by atoms with Crippen LogP contribution in [0.3, 0.4) is 0 Å². The molecule has 74 valence electrons. The van der Waals surface area contributed by atoms with E-state index in [2.05, 4.69) is 27.7 Å². The lowest BCUT2D eigenvalue weighted by Crippen LogP contribution is -1.87. The van der Waals surface area contributed by atoms with Crippen LogP contribution in [0, 0.1) is 0 Å². The molecule has 0 aromatic heterocycles. The average molecular weight is 178 g/mol. The summed E-state index contributed by atoms with van der Waals surface area (Å²) in [7, 11) is 0. The Labute approximate surface area is 82.7 Å². The zero-order chi connectivity index (χ0) is 9.84. The molecular weight excluding hydrogens is 156 g/mol. The summed E-state index contributed by atoms with van der Waals surface area (Å²) in [5, 5.41) is 0. The summed E-state index contributed by atoms with van der Waals surface area (Å²) in [6.45, 7) is 9.16. The summed E-state index contributed by atoms with van der Waals surface area (Å²) in [6.07, 6.45) is 6.23. The lowest BCUT2D eigenvalue weighted by Gasteiger charge is -2.07. The molecule has 1 rings (SSSR count). The Morgan fingerprint density at radius 2 is 1.08 bits per heavy atom. The Hall–Kier alpha value is -0.520. The number of hydrogen-bond donors (Lipinski definition) is 0. The Morgan fingerprint density at radius 1 is 0.692 bits per heavy atom. The van der Waals surface area contributed by atoms with Crippen LogP contribution >= 0.6 is 0 Å². The largest absolute Gasteiger partial charge is 0.0629 e. The highest BCUT2D eigenvalue weighted by Gasteiger charge is 2.19.